The summed E-state index contributed by atoms with van der Waals surface area (Å²) in [6, 6.07) is 0. The fourth-order valence-corrected chi connectivity index (χ4v) is 1.05. The lowest BCUT2D eigenvalue weighted by Crippen LogP contribution is -2.45. The third-order valence-corrected chi connectivity index (χ3v) is 1.87. The molecule has 9 heteroatoms. The summed E-state index contributed by atoms with van der Waals surface area (Å²) >= 11 is 0. The Morgan fingerprint density at radius 1 is 1.27 bits per heavy atom. The largest absolute Gasteiger partial charge is 0.480 e. The Labute approximate surface area is 130 Å². The minimum Gasteiger partial charge on any atom is -0.480 e. The van der Waals surface area contributed by atoms with Crippen LogP contribution in [-0.4, -0.2) is 60.0 Å². The zero-order valence-electron chi connectivity index (χ0n) is 13.5. The number of hydrogen-bond acceptors (Lipinski definition) is 5. The number of alkyl carbamates (subject to hydrolysis) is 1. The highest BCUT2D eigenvalue weighted by molar-refractivity contribution is 5.73. The van der Waals surface area contributed by atoms with Crippen molar-refractivity contribution in [1.82, 2.24) is 10.6 Å². The number of nitrogens with two attached hydrogens (primary N) is 2. The molecule has 0 aromatic carbocycles. The number of ether oxygens (including phenoxy) is 1. The van der Waals surface area contributed by atoms with Crippen molar-refractivity contribution in [2.24, 2.45) is 5.73 Å². The minimum absolute atomic E-state index is 0.115. The second kappa shape index (κ2) is 12.8. The summed E-state index contributed by atoms with van der Waals surface area (Å²) in [6.07, 6.45) is 0.790. The number of rotatable bonds is 8. The molecule has 0 fully saturated rings. The van der Waals surface area contributed by atoms with Crippen LogP contribution < -0.4 is 21.8 Å². The number of aliphatic hydroxyl groups excluding tert-OH is 1. The van der Waals surface area contributed by atoms with E-state index < -0.39 is 17.7 Å². The SMILES string of the molecule is CC(C)(C)OC(=O)NCCNCC(=O)O.NC(=[NH2+])CCCO. The molecule has 0 aromatic heterocycles. The molecule has 0 atom stereocenters. The van der Waals surface area contributed by atoms with Crippen molar-refractivity contribution in [3.05, 3.63) is 0 Å². The standard InChI is InChI=1S/C9H18N2O4.C4H10N2O/c1-9(2,3)15-8(14)11-5-4-10-6-7(12)13;5-4(6)2-1-3-7/h10H,4-6H2,1-3H3,(H,11,14)(H,12,13);7H,1-3H2,(H3,5,6)/p+1. The highest BCUT2D eigenvalue weighted by Crippen LogP contribution is 2.05. The molecule has 0 radical (unpaired) electrons. The van der Waals surface area contributed by atoms with E-state index in [4.69, 9.17) is 26.1 Å². The second-order valence-corrected chi connectivity index (χ2v) is 5.40. The van der Waals surface area contributed by atoms with E-state index in [1.165, 1.54) is 0 Å². The van der Waals surface area contributed by atoms with E-state index in [0.717, 1.165) is 0 Å². The van der Waals surface area contributed by atoms with Crippen molar-refractivity contribution in [1.29, 1.82) is 0 Å². The van der Waals surface area contributed by atoms with Crippen LogP contribution in [0.15, 0.2) is 0 Å². The molecule has 0 aliphatic rings. The normalized spacial score (nSPS) is 10.2. The number of carboxylic acids is 1. The lowest BCUT2D eigenvalue weighted by Gasteiger charge is -2.19. The Kier molecular flexibility index (Phi) is 13.1. The number of amides is 1. The first-order valence-electron chi connectivity index (χ1n) is 6.95. The van der Waals surface area contributed by atoms with Gasteiger partial charge in [-0.1, -0.05) is 0 Å². The van der Waals surface area contributed by atoms with Gasteiger partial charge in [-0.15, -0.1) is 0 Å². The number of carbonyl (C=O) groups is 2. The molecule has 22 heavy (non-hydrogen) atoms. The number of aliphatic hydroxyl groups is 1. The van der Waals surface area contributed by atoms with Crippen molar-refractivity contribution >= 4 is 17.9 Å². The van der Waals surface area contributed by atoms with Gasteiger partial charge in [-0.3, -0.25) is 15.9 Å². The van der Waals surface area contributed by atoms with Crippen molar-refractivity contribution in [2.45, 2.75) is 39.2 Å². The number of hydrogen-bond donors (Lipinski definition) is 6. The summed E-state index contributed by atoms with van der Waals surface area (Å²) in [5, 5.41) is 26.7. The molecule has 8 N–H and O–H groups in total. The summed E-state index contributed by atoms with van der Waals surface area (Å²) in [5.41, 5.74) is 4.55. The molecule has 0 saturated carbocycles. The molecule has 0 aliphatic heterocycles. The van der Waals surface area contributed by atoms with Gasteiger partial charge < -0.3 is 25.6 Å². The predicted molar refractivity (Wildman–Crippen MR) is 82.2 cm³/mol. The topological polar surface area (TPSA) is 160 Å². The zero-order chi connectivity index (χ0) is 17.6. The number of carboxylic acid groups (broad SMARTS) is 1. The van der Waals surface area contributed by atoms with E-state index in [0.29, 0.717) is 31.8 Å². The van der Waals surface area contributed by atoms with E-state index in [-0.39, 0.29) is 13.2 Å². The fourth-order valence-electron chi connectivity index (χ4n) is 1.05. The van der Waals surface area contributed by atoms with Gasteiger partial charge in [0.05, 0.1) is 13.0 Å². The smallest absolute Gasteiger partial charge is 0.407 e. The zero-order valence-corrected chi connectivity index (χ0v) is 13.5. The Hall–Kier alpha value is -1.87. The molecule has 0 bridgehead atoms. The third-order valence-electron chi connectivity index (χ3n) is 1.87. The molecular formula is C13H29N4O5+. The molecule has 0 aromatic rings. The van der Waals surface area contributed by atoms with Gasteiger partial charge in [-0.25, -0.2) is 4.79 Å². The monoisotopic (exact) mass is 321 g/mol. The number of amidine groups is 1. The van der Waals surface area contributed by atoms with Gasteiger partial charge in [0.1, 0.15) is 5.60 Å². The lowest BCUT2D eigenvalue weighted by atomic mass is 10.2. The van der Waals surface area contributed by atoms with Gasteiger partial charge in [0.15, 0.2) is 0 Å². The third kappa shape index (κ3) is 23.2. The van der Waals surface area contributed by atoms with E-state index in [9.17, 15) is 9.59 Å². The van der Waals surface area contributed by atoms with Crippen molar-refractivity contribution < 1.29 is 29.9 Å². The Morgan fingerprint density at radius 3 is 2.23 bits per heavy atom. The number of nitrogens with one attached hydrogen (secondary N) is 2. The maximum Gasteiger partial charge on any atom is 0.407 e. The maximum atomic E-state index is 11.1. The first kappa shape index (κ1) is 22.4. The molecule has 0 aliphatic carbocycles. The second-order valence-electron chi connectivity index (χ2n) is 5.40. The summed E-state index contributed by atoms with van der Waals surface area (Å²) in [7, 11) is 0. The van der Waals surface area contributed by atoms with E-state index in [2.05, 4.69) is 10.6 Å². The van der Waals surface area contributed by atoms with Crippen molar-refractivity contribution in [2.75, 3.05) is 26.2 Å². The van der Waals surface area contributed by atoms with Gasteiger partial charge in [0, 0.05) is 19.7 Å². The molecule has 1 amide bonds. The van der Waals surface area contributed by atoms with Crippen LogP contribution >= 0.6 is 0 Å². The summed E-state index contributed by atoms with van der Waals surface area (Å²) in [6.45, 7) is 6.10. The van der Waals surface area contributed by atoms with Crippen LogP contribution in [0.5, 0.6) is 0 Å². The fraction of sp³-hybridized carbons (Fsp3) is 0.769. The molecule has 0 saturated heterocycles. The van der Waals surface area contributed by atoms with Gasteiger partial charge in [-0.05, 0) is 27.2 Å². The first-order valence-corrected chi connectivity index (χ1v) is 6.95. The lowest BCUT2D eigenvalue weighted by molar-refractivity contribution is -0.136. The summed E-state index contributed by atoms with van der Waals surface area (Å²) in [4.78, 5) is 21.2. The molecule has 130 valence electrons. The van der Waals surface area contributed by atoms with Gasteiger partial charge in [0.2, 0.25) is 5.84 Å². The van der Waals surface area contributed by atoms with Crippen LogP contribution in [0.3, 0.4) is 0 Å². The van der Waals surface area contributed by atoms with Crippen molar-refractivity contribution in [3.63, 3.8) is 0 Å². The van der Waals surface area contributed by atoms with Crippen LogP contribution in [0, 0.1) is 0 Å². The van der Waals surface area contributed by atoms with Crippen molar-refractivity contribution in [3.8, 4) is 0 Å². The molecular weight excluding hydrogens is 292 g/mol. The summed E-state index contributed by atoms with van der Waals surface area (Å²) in [5.74, 6) is -0.527. The highest BCUT2D eigenvalue weighted by atomic mass is 16.6. The highest BCUT2D eigenvalue weighted by Gasteiger charge is 2.15. The Morgan fingerprint density at radius 2 is 1.86 bits per heavy atom. The number of carbonyl (C=O) groups excluding carboxylic acids is 1. The van der Waals surface area contributed by atoms with E-state index >= 15 is 0 Å². The first-order chi connectivity index (χ1) is 10.1. The minimum atomic E-state index is -0.924. The van der Waals surface area contributed by atoms with E-state index in [1.54, 1.807) is 20.8 Å². The molecule has 0 unspecified atom stereocenters. The van der Waals surface area contributed by atoms with Crippen LogP contribution in [0.2, 0.25) is 0 Å². The van der Waals surface area contributed by atoms with Gasteiger partial charge >= 0.3 is 12.1 Å². The van der Waals surface area contributed by atoms with Crippen LogP contribution in [-0.2, 0) is 9.53 Å². The maximum absolute atomic E-state index is 11.1. The van der Waals surface area contributed by atoms with Gasteiger partial charge in [-0.2, -0.15) is 0 Å². The Bertz CT molecular complexity index is 342. The summed E-state index contributed by atoms with van der Waals surface area (Å²) < 4.78 is 4.97. The molecule has 0 heterocycles. The van der Waals surface area contributed by atoms with Crippen LogP contribution in [0.1, 0.15) is 33.6 Å². The number of aliphatic carboxylic acids is 1. The van der Waals surface area contributed by atoms with Crippen LogP contribution in [0.25, 0.3) is 0 Å². The quantitative estimate of drug-likeness (QED) is 0.172. The molecule has 0 spiro atoms. The average molecular weight is 321 g/mol. The Balaban J connectivity index is 0. The molecule has 9 nitrogen and oxygen atoms in total. The van der Waals surface area contributed by atoms with Crippen LogP contribution in [0.4, 0.5) is 4.79 Å². The average Bonchev–Trinajstić information content (AvgIpc) is 2.34. The predicted octanol–water partition coefficient (Wildman–Crippen LogP) is -1.94. The van der Waals surface area contributed by atoms with E-state index in [1.807, 2.05) is 0 Å². The van der Waals surface area contributed by atoms with Gasteiger partial charge in [0.25, 0.3) is 0 Å². The molecule has 0 rings (SSSR count).